The van der Waals surface area contributed by atoms with Crippen LogP contribution < -0.4 is 5.32 Å². The van der Waals surface area contributed by atoms with Crippen molar-refractivity contribution >= 4 is 11.9 Å². The van der Waals surface area contributed by atoms with Gasteiger partial charge < -0.3 is 15.0 Å². The monoisotopic (exact) mass is 408 g/mol. The molecule has 1 aliphatic rings. The number of carbonyl (C=O) groups is 2. The second-order valence-corrected chi connectivity index (χ2v) is 8.02. The Labute approximate surface area is 179 Å². The van der Waals surface area contributed by atoms with Gasteiger partial charge in [-0.15, -0.1) is 0 Å². The molecule has 2 aromatic carbocycles. The Morgan fingerprint density at radius 2 is 1.60 bits per heavy atom. The Hall–Kier alpha value is -2.66. The molecule has 1 heterocycles. The summed E-state index contributed by atoms with van der Waals surface area (Å²) >= 11 is 0. The van der Waals surface area contributed by atoms with Gasteiger partial charge in [-0.25, -0.2) is 0 Å². The van der Waals surface area contributed by atoms with Gasteiger partial charge in [-0.1, -0.05) is 48.5 Å². The first-order valence-corrected chi connectivity index (χ1v) is 10.8. The van der Waals surface area contributed by atoms with Crippen LogP contribution in [0.5, 0.6) is 0 Å². The molecule has 0 saturated carbocycles. The predicted molar refractivity (Wildman–Crippen MR) is 119 cm³/mol. The smallest absolute Gasteiger partial charge is 0.325 e. The highest BCUT2D eigenvalue weighted by molar-refractivity contribution is 5.81. The molecule has 5 heteroatoms. The molecule has 30 heavy (non-hydrogen) atoms. The number of likely N-dealkylation sites (tertiary alicyclic amines) is 1. The van der Waals surface area contributed by atoms with Crippen LogP contribution in [-0.2, 0) is 27.2 Å². The van der Waals surface area contributed by atoms with Crippen molar-refractivity contribution in [1.82, 2.24) is 10.2 Å². The lowest BCUT2D eigenvalue weighted by Crippen LogP contribution is -2.30. The van der Waals surface area contributed by atoms with E-state index in [1.165, 1.54) is 43.2 Å². The van der Waals surface area contributed by atoms with E-state index in [1.54, 1.807) is 0 Å². The number of methoxy groups -OCH3 is 1. The van der Waals surface area contributed by atoms with E-state index in [4.69, 9.17) is 0 Å². The third-order valence-electron chi connectivity index (χ3n) is 5.92. The van der Waals surface area contributed by atoms with E-state index in [9.17, 15) is 9.59 Å². The molecule has 160 valence electrons. The molecule has 0 unspecified atom stereocenters. The lowest BCUT2D eigenvalue weighted by atomic mass is 10.0. The van der Waals surface area contributed by atoms with E-state index in [0.29, 0.717) is 12.8 Å². The molecule has 0 aliphatic carbocycles. The van der Waals surface area contributed by atoms with Crippen molar-refractivity contribution in [3.63, 3.8) is 0 Å². The van der Waals surface area contributed by atoms with Gasteiger partial charge in [-0.2, -0.15) is 0 Å². The topological polar surface area (TPSA) is 58.6 Å². The van der Waals surface area contributed by atoms with Crippen molar-refractivity contribution in [3.8, 4) is 11.1 Å². The van der Waals surface area contributed by atoms with Crippen LogP contribution in [0.15, 0.2) is 48.5 Å². The fourth-order valence-corrected chi connectivity index (χ4v) is 3.91. The van der Waals surface area contributed by atoms with Gasteiger partial charge in [0, 0.05) is 19.0 Å². The molecule has 1 N–H and O–H groups in total. The molecule has 1 amide bonds. The minimum absolute atomic E-state index is 0.0820. The summed E-state index contributed by atoms with van der Waals surface area (Å²) in [5.74, 6) is -0.590. The van der Waals surface area contributed by atoms with Gasteiger partial charge in [-0.05, 0) is 61.4 Å². The van der Waals surface area contributed by atoms with Crippen molar-refractivity contribution in [2.24, 2.45) is 0 Å². The van der Waals surface area contributed by atoms with E-state index < -0.39 is 5.97 Å². The minimum Gasteiger partial charge on any atom is -0.468 e. The molecular weight excluding hydrogens is 376 g/mol. The molecule has 1 saturated heterocycles. The van der Waals surface area contributed by atoms with E-state index in [0.717, 1.165) is 24.6 Å². The summed E-state index contributed by atoms with van der Waals surface area (Å²) < 4.78 is 4.51. The Balaban J connectivity index is 1.47. The molecule has 1 fully saturated rings. The highest BCUT2D eigenvalue weighted by Crippen LogP contribution is 2.22. The molecule has 0 bridgehead atoms. The van der Waals surface area contributed by atoms with Gasteiger partial charge in [0.05, 0.1) is 7.11 Å². The van der Waals surface area contributed by atoms with Crippen molar-refractivity contribution in [3.05, 3.63) is 59.7 Å². The van der Waals surface area contributed by atoms with E-state index >= 15 is 0 Å². The van der Waals surface area contributed by atoms with Gasteiger partial charge in [0.1, 0.15) is 6.54 Å². The maximum atomic E-state index is 11.8. The highest BCUT2D eigenvalue weighted by Gasteiger charge is 2.19. The molecule has 0 aromatic heterocycles. The van der Waals surface area contributed by atoms with Crippen molar-refractivity contribution in [1.29, 1.82) is 0 Å². The number of ether oxygens (including phenoxy) is 1. The number of benzene rings is 2. The van der Waals surface area contributed by atoms with Crippen LogP contribution in [0, 0.1) is 0 Å². The van der Waals surface area contributed by atoms with Crippen LogP contribution >= 0.6 is 0 Å². The van der Waals surface area contributed by atoms with E-state index in [1.807, 2.05) is 0 Å². The fraction of sp³-hybridized carbons (Fsp3) is 0.440. The lowest BCUT2D eigenvalue weighted by molar-refractivity contribution is -0.141. The van der Waals surface area contributed by atoms with Gasteiger partial charge in [-0.3, -0.25) is 9.59 Å². The average Bonchev–Trinajstić information content (AvgIpc) is 3.20. The molecule has 1 aliphatic heterocycles. The predicted octanol–water partition coefficient (Wildman–Crippen LogP) is 3.60. The molecule has 1 atom stereocenters. The average molecular weight is 409 g/mol. The van der Waals surface area contributed by atoms with Crippen LogP contribution in [-0.4, -0.2) is 49.6 Å². The Morgan fingerprint density at radius 3 is 2.13 bits per heavy atom. The normalized spacial score (nSPS) is 16.4. The van der Waals surface area contributed by atoms with Crippen LogP contribution in [0.3, 0.4) is 0 Å². The minimum atomic E-state index is -0.440. The first-order chi connectivity index (χ1) is 14.5. The summed E-state index contributed by atoms with van der Waals surface area (Å²) in [5, 5.41) is 2.56. The van der Waals surface area contributed by atoms with Crippen molar-refractivity contribution in [2.75, 3.05) is 26.7 Å². The lowest BCUT2D eigenvalue weighted by Gasteiger charge is -2.20. The number of carbonyl (C=O) groups excluding carboxylic acids is 2. The number of amides is 1. The summed E-state index contributed by atoms with van der Waals surface area (Å²) in [6.07, 6.45) is 4.74. The van der Waals surface area contributed by atoms with Crippen LogP contribution in [0.25, 0.3) is 11.1 Å². The second-order valence-electron chi connectivity index (χ2n) is 8.02. The maximum absolute atomic E-state index is 11.8. The third-order valence-corrected chi connectivity index (χ3v) is 5.92. The largest absolute Gasteiger partial charge is 0.468 e. The number of esters is 1. The van der Waals surface area contributed by atoms with Gasteiger partial charge in [0.15, 0.2) is 0 Å². The van der Waals surface area contributed by atoms with E-state index in [2.05, 4.69) is 70.4 Å². The summed E-state index contributed by atoms with van der Waals surface area (Å²) in [7, 11) is 1.30. The third kappa shape index (κ3) is 6.42. The zero-order valence-corrected chi connectivity index (χ0v) is 18.0. The first kappa shape index (κ1) is 22.0. The number of hydrogen-bond acceptors (Lipinski definition) is 4. The number of nitrogens with zero attached hydrogens (tertiary/aromatic N) is 1. The zero-order valence-electron chi connectivity index (χ0n) is 18.0. The number of rotatable bonds is 9. The number of hydrogen-bond donors (Lipinski definition) is 1. The van der Waals surface area contributed by atoms with Gasteiger partial charge >= 0.3 is 5.97 Å². The number of nitrogens with one attached hydrogen (secondary N) is 1. The molecular formula is C25H32N2O3. The Kier molecular flexibility index (Phi) is 8.03. The summed E-state index contributed by atoms with van der Waals surface area (Å²) in [4.78, 5) is 25.4. The van der Waals surface area contributed by atoms with Gasteiger partial charge in [0.25, 0.3) is 0 Å². The summed E-state index contributed by atoms with van der Waals surface area (Å²) in [6.45, 7) is 4.62. The standard InChI is InChI=1S/C25H32N2O3/c1-19-4-3-16-27(19)17-15-21-7-12-23(13-8-21)22-10-5-20(6-11-22)9-14-24(28)26-18-25(29)30-2/h5-8,10-13,19H,3-4,9,14-18H2,1-2H3,(H,26,28)/t19-/m1/s1. The van der Waals surface area contributed by atoms with E-state index in [-0.39, 0.29) is 12.5 Å². The number of aryl methyl sites for hydroxylation is 1. The molecule has 0 radical (unpaired) electrons. The quantitative estimate of drug-likeness (QED) is 0.644. The summed E-state index contributed by atoms with van der Waals surface area (Å²) in [5.41, 5.74) is 4.86. The Bertz CT molecular complexity index is 830. The fourth-order valence-electron chi connectivity index (χ4n) is 3.91. The SMILES string of the molecule is COC(=O)CNC(=O)CCc1ccc(-c2ccc(CCN3CCC[C@H]3C)cc2)cc1. The maximum Gasteiger partial charge on any atom is 0.325 e. The van der Waals surface area contributed by atoms with Gasteiger partial charge in [0.2, 0.25) is 5.91 Å². The zero-order chi connectivity index (χ0) is 21.3. The molecule has 2 aromatic rings. The van der Waals surface area contributed by atoms with Crippen molar-refractivity contribution in [2.45, 2.75) is 45.1 Å². The first-order valence-electron chi connectivity index (χ1n) is 10.8. The summed E-state index contributed by atoms with van der Waals surface area (Å²) in [6, 6.07) is 17.9. The second kappa shape index (κ2) is 10.9. The van der Waals surface area contributed by atoms with Crippen LogP contribution in [0.1, 0.15) is 37.3 Å². The van der Waals surface area contributed by atoms with Crippen LogP contribution in [0.2, 0.25) is 0 Å². The van der Waals surface area contributed by atoms with Crippen molar-refractivity contribution < 1.29 is 14.3 Å². The Morgan fingerprint density at radius 1 is 1.00 bits per heavy atom. The molecule has 0 spiro atoms. The highest BCUT2D eigenvalue weighted by atomic mass is 16.5. The molecule has 5 nitrogen and oxygen atoms in total. The van der Waals surface area contributed by atoms with Crippen LogP contribution in [0.4, 0.5) is 0 Å². The molecule has 3 rings (SSSR count).